The molecule has 5 nitrogen and oxygen atoms in total. The van der Waals surface area contributed by atoms with E-state index in [1.165, 1.54) is 18.2 Å². The zero-order valence-electron chi connectivity index (χ0n) is 16.6. The Balaban J connectivity index is 1.92. The van der Waals surface area contributed by atoms with E-state index in [0.29, 0.717) is 5.69 Å². The summed E-state index contributed by atoms with van der Waals surface area (Å²) >= 11 is 0. The lowest BCUT2D eigenvalue weighted by Gasteiger charge is -2.26. The highest BCUT2D eigenvalue weighted by Crippen LogP contribution is 2.18. The molecule has 0 aliphatic carbocycles. The summed E-state index contributed by atoms with van der Waals surface area (Å²) < 4.78 is 13.2. The third-order valence-electron chi connectivity index (χ3n) is 4.64. The van der Waals surface area contributed by atoms with E-state index in [0.717, 1.165) is 18.4 Å². The highest BCUT2D eigenvalue weighted by molar-refractivity contribution is 5.92. The van der Waals surface area contributed by atoms with Gasteiger partial charge in [-0.15, -0.1) is 0 Å². The van der Waals surface area contributed by atoms with Gasteiger partial charge in [0.05, 0.1) is 18.6 Å². The largest absolute Gasteiger partial charge is 0.348 e. The van der Waals surface area contributed by atoms with Crippen LogP contribution in [0, 0.1) is 5.82 Å². The van der Waals surface area contributed by atoms with Crippen LogP contribution in [0.5, 0.6) is 0 Å². The molecule has 0 saturated carbocycles. The molecule has 0 fully saturated rings. The van der Waals surface area contributed by atoms with Crippen molar-refractivity contribution in [3.63, 3.8) is 0 Å². The standard InChI is InChI=1S/C22H28FN3O2/c1-4-9-20(17-10-6-5-7-11-17)25-22(28)16(2)26(3)15-21(27)24-19-13-8-12-18(23)14-19/h5-8,10-14,16,20H,4,9,15H2,1-3H3,(H,24,27)(H,25,28)/t16-,20-/m0/s1. The van der Waals surface area contributed by atoms with Crippen molar-refractivity contribution in [1.82, 2.24) is 10.2 Å². The number of hydrogen-bond acceptors (Lipinski definition) is 3. The summed E-state index contributed by atoms with van der Waals surface area (Å²) in [5.74, 6) is -0.856. The molecule has 28 heavy (non-hydrogen) atoms. The molecular formula is C22H28FN3O2. The van der Waals surface area contributed by atoms with Crippen molar-refractivity contribution < 1.29 is 14.0 Å². The first-order valence-corrected chi connectivity index (χ1v) is 9.51. The molecule has 0 aliphatic heterocycles. The van der Waals surface area contributed by atoms with Crippen LogP contribution in [-0.2, 0) is 9.59 Å². The van der Waals surface area contributed by atoms with Crippen LogP contribution in [0.4, 0.5) is 10.1 Å². The minimum Gasteiger partial charge on any atom is -0.348 e. The molecule has 0 saturated heterocycles. The van der Waals surface area contributed by atoms with Gasteiger partial charge in [-0.3, -0.25) is 14.5 Å². The molecule has 0 heterocycles. The Bertz CT molecular complexity index is 782. The van der Waals surface area contributed by atoms with Gasteiger partial charge in [0.2, 0.25) is 11.8 Å². The van der Waals surface area contributed by atoms with E-state index in [4.69, 9.17) is 0 Å². The molecular weight excluding hydrogens is 357 g/mol. The van der Waals surface area contributed by atoms with E-state index in [2.05, 4.69) is 17.6 Å². The number of anilines is 1. The highest BCUT2D eigenvalue weighted by Gasteiger charge is 2.23. The summed E-state index contributed by atoms with van der Waals surface area (Å²) in [4.78, 5) is 26.6. The SMILES string of the molecule is CCC[C@H](NC(=O)[C@H](C)N(C)CC(=O)Nc1cccc(F)c1)c1ccccc1. The number of likely N-dealkylation sites (N-methyl/N-ethyl adjacent to an activating group) is 1. The molecule has 2 rings (SSSR count). The topological polar surface area (TPSA) is 61.4 Å². The molecule has 0 bridgehead atoms. The van der Waals surface area contributed by atoms with Crippen molar-refractivity contribution in [1.29, 1.82) is 0 Å². The molecule has 0 spiro atoms. The van der Waals surface area contributed by atoms with Crippen molar-refractivity contribution in [2.24, 2.45) is 0 Å². The summed E-state index contributed by atoms with van der Waals surface area (Å²) in [6, 6.07) is 15.0. The molecule has 0 aromatic heterocycles. The first kappa shape index (κ1) is 21.6. The van der Waals surface area contributed by atoms with Crippen LogP contribution in [0.25, 0.3) is 0 Å². The van der Waals surface area contributed by atoms with Crippen molar-refractivity contribution >= 4 is 17.5 Å². The number of rotatable bonds is 9. The summed E-state index contributed by atoms with van der Waals surface area (Å²) in [6.07, 6.45) is 1.78. The lowest BCUT2D eigenvalue weighted by molar-refractivity contribution is -0.127. The van der Waals surface area contributed by atoms with Gasteiger partial charge in [-0.25, -0.2) is 4.39 Å². The number of carbonyl (C=O) groups is 2. The van der Waals surface area contributed by atoms with Gasteiger partial charge in [0.1, 0.15) is 5.82 Å². The van der Waals surface area contributed by atoms with Crippen molar-refractivity contribution in [2.45, 2.75) is 38.8 Å². The Morgan fingerprint density at radius 2 is 1.82 bits per heavy atom. The summed E-state index contributed by atoms with van der Waals surface area (Å²) in [7, 11) is 1.72. The molecule has 2 aromatic rings. The fraction of sp³-hybridized carbons (Fsp3) is 0.364. The number of carbonyl (C=O) groups excluding carboxylic acids is 2. The lowest BCUT2D eigenvalue weighted by atomic mass is 10.0. The summed E-state index contributed by atoms with van der Waals surface area (Å²) in [6.45, 7) is 3.86. The molecule has 2 amide bonds. The second-order valence-electron chi connectivity index (χ2n) is 6.91. The minimum absolute atomic E-state index is 0.0227. The van der Waals surface area contributed by atoms with E-state index in [9.17, 15) is 14.0 Å². The first-order valence-electron chi connectivity index (χ1n) is 9.51. The number of nitrogens with zero attached hydrogens (tertiary/aromatic N) is 1. The maximum Gasteiger partial charge on any atom is 0.238 e. The fourth-order valence-electron chi connectivity index (χ4n) is 2.92. The van der Waals surface area contributed by atoms with Crippen molar-refractivity contribution in [2.75, 3.05) is 18.9 Å². The van der Waals surface area contributed by atoms with Crippen molar-refractivity contribution in [3.8, 4) is 0 Å². The number of hydrogen-bond donors (Lipinski definition) is 2. The van der Waals surface area contributed by atoms with Crippen LogP contribution in [0.1, 0.15) is 38.3 Å². The Hall–Kier alpha value is -2.73. The Morgan fingerprint density at radius 1 is 1.11 bits per heavy atom. The van der Waals surface area contributed by atoms with E-state index < -0.39 is 11.9 Å². The number of nitrogens with one attached hydrogen (secondary N) is 2. The summed E-state index contributed by atoms with van der Waals surface area (Å²) in [5, 5.41) is 5.73. The molecule has 150 valence electrons. The van der Waals surface area contributed by atoms with Crippen molar-refractivity contribution in [3.05, 3.63) is 66.0 Å². The molecule has 6 heteroatoms. The third kappa shape index (κ3) is 6.46. The molecule has 2 aromatic carbocycles. The van der Waals surface area contributed by atoms with Gasteiger partial charge in [0.25, 0.3) is 0 Å². The maximum absolute atomic E-state index is 13.2. The van der Waals surface area contributed by atoms with Gasteiger partial charge in [0, 0.05) is 5.69 Å². The Labute approximate surface area is 165 Å². The monoisotopic (exact) mass is 385 g/mol. The van der Waals surface area contributed by atoms with Gasteiger partial charge in [-0.1, -0.05) is 49.7 Å². The molecule has 2 atom stereocenters. The number of benzene rings is 2. The Morgan fingerprint density at radius 3 is 2.46 bits per heavy atom. The van der Waals surface area contributed by atoms with Crippen LogP contribution in [0.3, 0.4) is 0 Å². The van der Waals surface area contributed by atoms with Gasteiger partial charge in [-0.2, -0.15) is 0 Å². The quantitative estimate of drug-likeness (QED) is 0.691. The second-order valence-corrected chi connectivity index (χ2v) is 6.91. The van der Waals surface area contributed by atoms with Gasteiger partial charge >= 0.3 is 0 Å². The first-order chi connectivity index (χ1) is 13.4. The number of halogens is 1. The van der Waals surface area contributed by atoms with E-state index >= 15 is 0 Å². The predicted molar refractivity (Wildman–Crippen MR) is 109 cm³/mol. The highest BCUT2D eigenvalue weighted by atomic mass is 19.1. The molecule has 0 radical (unpaired) electrons. The molecule has 2 N–H and O–H groups in total. The second kappa shape index (κ2) is 10.6. The van der Waals surface area contributed by atoms with Gasteiger partial charge < -0.3 is 10.6 Å². The van der Waals surface area contributed by atoms with Gasteiger partial charge in [-0.05, 0) is 44.2 Å². The van der Waals surface area contributed by atoms with Crippen LogP contribution in [-0.4, -0.2) is 36.3 Å². The molecule has 0 aliphatic rings. The lowest BCUT2D eigenvalue weighted by Crippen LogP contribution is -2.46. The van der Waals surface area contributed by atoms with Crippen LogP contribution in [0.2, 0.25) is 0 Å². The normalized spacial score (nSPS) is 13.0. The fourth-order valence-corrected chi connectivity index (χ4v) is 2.92. The van der Waals surface area contributed by atoms with Crippen LogP contribution < -0.4 is 10.6 Å². The van der Waals surface area contributed by atoms with Gasteiger partial charge in [0.15, 0.2) is 0 Å². The zero-order chi connectivity index (χ0) is 20.5. The average molecular weight is 385 g/mol. The third-order valence-corrected chi connectivity index (χ3v) is 4.64. The Kier molecular flexibility index (Phi) is 8.14. The maximum atomic E-state index is 13.2. The van der Waals surface area contributed by atoms with E-state index in [1.807, 2.05) is 30.3 Å². The molecule has 0 unspecified atom stereocenters. The minimum atomic E-state index is -0.485. The van der Waals surface area contributed by atoms with Crippen LogP contribution >= 0.6 is 0 Å². The van der Waals surface area contributed by atoms with E-state index in [-0.39, 0.29) is 24.4 Å². The number of amides is 2. The summed E-state index contributed by atoms with van der Waals surface area (Å²) in [5.41, 5.74) is 1.46. The average Bonchev–Trinajstić information content (AvgIpc) is 2.67. The van der Waals surface area contributed by atoms with Crippen LogP contribution in [0.15, 0.2) is 54.6 Å². The zero-order valence-corrected chi connectivity index (χ0v) is 16.6. The predicted octanol–water partition coefficient (Wildman–Crippen LogP) is 3.74. The van der Waals surface area contributed by atoms with E-state index in [1.54, 1.807) is 24.9 Å². The smallest absolute Gasteiger partial charge is 0.238 e.